The molecule has 0 aliphatic carbocycles. The van der Waals surface area contributed by atoms with Gasteiger partial charge >= 0.3 is 5.97 Å². The largest absolute Gasteiger partial charge is 0.480 e. The molecule has 24 heavy (non-hydrogen) atoms. The fourth-order valence-corrected chi connectivity index (χ4v) is 2.71. The minimum atomic E-state index is -1.09. The summed E-state index contributed by atoms with van der Waals surface area (Å²) in [5.74, 6) is -0.287. The Morgan fingerprint density at radius 3 is 2.46 bits per heavy atom. The topological polar surface area (TPSA) is 68.0 Å². The van der Waals surface area contributed by atoms with E-state index < -0.39 is 11.2 Å². The number of hydrogen-bond donors (Lipinski definition) is 2. The third-order valence-corrected chi connectivity index (χ3v) is 4.33. The first-order valence-corrected chi connectivity index (χ1v) is 8.06. The summed E-state index contributed by atoms with van der Waals surface area (Å²) >= 11 is 10.1. The van der Waals surface area contributed by atoms with Crippen LogP contribution in [0, 0.1) is 6.92 Å². The molecule has 5 nitrogen and oxygen atoms in total. The molecular formula is C17H14ClN3O2S. The summed E-state index contributed by atoms with van der Waals surface area (Å²) in [4.78, 5) is 11.4. The summed E-state index contributed by atoms with van der Waals surface area (Å²) in [6.07, 6.45) is 0. The highest BCUT2D eigenvalue weighted by molar-refractivity contribution is 7.81. The van der Waals surface area contributed by atoms with E-state index in [4.69, 9.17) is 11.6 Å². The monoisotopic (exact) mass is 359 g/mol. The van der Waals surface area contributed by atoms with E-state index in [9.17, 15) is 9.90 Å². The third-order valence-electron chi connectivity index (χ3n) is 3.63. The van der Waals surface area contributed by atoms with Gasteiger partial charge in [0.2, 0.25) is 0 Å². The first kappa shape index (κ1) is 16.5. The van der Waals surface area contributed by atoms with Crippen LogP contribution in [0.25, 0.3) is 17.1 Å². The molecule has 1 N–H and O–H groups in total. The number of para-hydroxylation sites is 1. The van der Waals surface area contributed by atoms with Crippen molar-refractivity contribution >= 4 is 30.2 Å². The number of hydrogen-bond acceptors (Lipinski definition) is 4. The van der Waals surface area contributed by atoms with Gasteiger partial charge in [0.25, 0.3) is 0 Å². The Balaban J connectivity index is 2.26. The molecule has 0 saturated carbocycles. The first-order valence-electron chi connectivity index (χ1n) is 7.17. The molecule has 3 rings (SSSR count). The number of nitrogens with zero attached hydrogens (tertiary/aromatic N) is 3. The Morgan fingerprint density at radius 2 is 1.83 bits per heavy atom. The zero-order chi connectivity index (χ0) is 17.3. The number of aliphatic carboxylic acids is 1. The van der Waals surface area contributed by atoms with Gasteiger partial charge in [0.15, 0.2) is 16.9 Å². The Hall–Kier alpha value is -2.31. The smallest absolute Gasteiger partial charge is 0.324 e. The maximum Gasteiger partial charge on any atom is 0.324 e. The molecule has 0 aliphatic heterocycles. The number of aromatic nitrogens is 3. The molecule has 0 saturated heterocycles. The van der Waals surface area contributed by atoms with Crippen molar-refractivity contribution in [1.29, 1.82) is 0 Å². The summed E-state index contributed by atoms with van der Waals surface area (Å²) < 4.78 is 1.73. The van der Waals surface area contributed by atoms with E-state index in [2.05, 4.69) is 22.8 Å². The molecule has 2 aromatic carbocycles. The zero-order valence-electron chi connectivity index (χ0n) is 12.7. The van der Waals surface area contributed by atoms with Crippen molar-refractivity contribution in [2.24, 2.45) is 0 Å². The van der Waals surface area contributed by atoms with Gasteiger partial charge in [-0.25, -0.2) is 0 Å². The number of rotatable bonds is 4. The van der Waals surface area contributed by atoms with Gasteiger partial charge in [-0.15, -0.1) is 10.2 Å². The Labute approximate surface area is 149 Å². The fourth-order valence-electron chi connectivity index (χ4n) is 2.42. The van der Waals surface area contributed by atoms with Gasteiger partial charge in [-0.1, -0.05) is 29.8 Å². The van der Waals surface area contributed by atoms with E-state index in [1.54, 1.807) is 16.7 Å². The van der Waals surface area contributed by atoms with Crippen molar-refractivity contribution in [1.82, 2.24) is 14.8 Å². The van der Waals surface area contributed by atoms with Crippen LogP contribution >= 0.6 is 24.2 Å². The number of carbonyl (C=O) groups is 1. The Morgan fingerprint density at radius 1 is 1.17 bits per heavy atom. The van der Waals surface area contributed by atoms with Crippen molar-refractivity contribution in [3.05, 3.63) is 64.9 Å². The van der Waals surface area contributed by atoms with E-state index in [0.717, 1.165) is 16.8 Å². The standard InChI is InChI=1S/C17H14ClN3O2S/c1-10-4-2-3-5-13(10)21-15(11-6-8-12(18)9-7-11)19-20-16(21)14(24)17(22)23/h2-9,14,24H,1H3,(H,22,23). The maximum absolute atomic E-state index is 11.4. The summed E-state index contributed by atoms with van der Waals surface area (Å²) in [6.45, 7) is 1.94. The summed E-state index contributed by atoms with van der Waals surface area (Å²) in [5, 5.41) is 17.1. The minimum Gasteiger partial charge on any atom is -0.480 e. The van der Waals surface area contributed by atoms with Crippen LogP contribution in [0.5, 0.6) is 0 Å². The molecule has 7 heteroatoms. The van der Waals surface area contributed by atoms with Crippen LogP contribution < -0.4 is 0 Å². The van der Waals surface area contributed by atoms with E-state index in [-0.39, 0.29) is 5.82 Å². The molecule has 1 heterocycles. The highest BCUT2D eigenvalue weighted by Gasteiger charge is 2.26. The average molecular weight is 360 g/mol. The minimum absolute atomic E-state index is 0.255. The van der Waals surface area contributed by atoms with Gasteiger partial charge in [0.05, 0.1) is 5.69 Å². The van der Waals surface area contributed by atoms with E-state index >= 15 is 0 Å². The SMILES string of the molecule is Cc1ccccc1-n1c(-c2ccc(Cl)cc2)nnc1C(S)C(=O)O. The van der Waals surface area contributed by atoms with Crippen molar-refractivity contribution < 1.29 is 9.90 Å². The number of carboxylic acid groups (broad SMARTS) is 1. The van der Waals surface area contributed by atoms with Crippen LogP contribution in [0.2, 0.25) is 5.02 Å². The Kier molecular flexibility index (Phi) is 4.59. The summed E-state index contributed by atoms with van der Waals surface area (Å²) in [7, 11) is 0. The molecular weight excluding hydrogens is 346 g/mol. The Bertz CT molecular complexity index is 893. The second-order valence-corrected chi connectivity index (χ2v) is 6.20. The van der Waals surface area contributed by atoms with Crippen LogP contribution in [0.4, 0.5) is 0 Å². The number of benzene rings is 2. The van der Waals surface area contributed by atoms with E-state index in [1.807, 2.05) is 43.3 Å². The first-order chi connectivity index (χ1) is 11.5. The number of aryl methyl sites for hydroxylation is 1. The van der Waals surface area contributed by atoms with Gasteiger partial charge in [-0.3, -0.25) is 9.36 Å². The maximum atomic E-state index is 11.4. The molecule has 122 valence electrons. The molecule has 1 atom stereocenters. The van der Waals surface area contributed by atoms with Crippen LogP contribution in [0.3, 0.4) is 0 Å². The van der Waals surface area contributed by atoms with Crippen LogP contribution in [0.1, 0.15) is 16.6 Å². The van der Waals surface area contributed by atoms with Crippen molar-refractivity contribution in [3.8, 4) is 17.1 Å². The predicted octanol–water partition coefficient (Wildman–Crippen LogP) is 3.95. The molecule has 0 bridgehead atoms. The van der Waals surface area contributed by atoms with Crippen LogP contribution in [-0.2, 0) is 4.79 Å². The van der Waals surface area contributed by atoms with Crippen molar-refractivity contribution in [2.75, 3.05) is 0 Å². The van der Waals surface area contributed by atoms with Gasteiger partial charge < -0.3 is 5.11 Å². The van der Waals surface area contributed by atoms with Gasteiger partial charge in [0.1, 0.15) is 0 Å². The highest BCUT2D eigenvalue weighted by Crippen LogP contribution is 2.30. The van der Waals surface area contributed by atoms with E-state index in [1.165, 1.54) is 0 Å². The molecule has 0 spiro atoms. The van der Waals surface area contributed by atoms with Crippen molar-refractivity contribution in [2.45, 2.75) is 12.2 Å². The second kappa shape index (κ2) is 6.67. The number of thiol groups is 1. The zero-order valence-corrected chi connectivity index (χ0v) is 14.4. The fraction of sp³-hybridized carbons (Fsp3) is 0.118. The van der Waals surface area contributed by atoms with Gasteiger partial charge in [-0.2, -0.15) is 12.6 Å². The molecule has 0 fully saturated rings. The number of halogens is 1. The quantitative estimate of drug-likeness (QED) is 0.692. The lowest BCUT2D eigenvalue weighted by Crippen LogP contribution is -2.13. The van der Waals surface area contributed by atoms with Gasteiger partial charge in [-0.05, 0) is 42.8 Å². The van der Waals surface area contributed by atoms with Crippen LogP contribution in [0.15, 0.2) is 48.5 Å². The molecule has 0 radical (unpaired) electrons. The lowest BCUT2D eigenvalue weighted by atomic mass is 10.1. The molecule has 1 unspecified atom stereocenters. The van der Waals surface area contributed by atoms with Gasteiger partial charge in [0, 0.05) is 10.6 Å². The molecule has 0 aliphatic rings. The van der Waals surface area contributed by atoms with Crippen molar-refractivity contribution in [3.63, 3.8) is 0 Å². The van der Waals surface area contributed by atoms with E-state index in [0.29, 0.717) is 10.8 Å². The average Bonchev–Trinajstić information content (AvgIpc) is 2.99. The molecule has 1 aromatic heterocycles. The molecule has 3 aromatic rings. The normalized spacial score (nSPS) is 12.1. The summed E-state index contributed by atoms with van der Waals surface area (Å²) in [6, 6.07) is 14.8. The lowest BCUT2D eigenvalue weighted by Gasteiger charge is -2.14. The molecule has 0 amide bonds. The number of carboxylic acids is 1. The summed E-state index contributed by atoms with van der Waals surface area (Å²) in [5.41, 5.74) is 2.56. The highest BCUT2D eigenvalue weighted by atomic mass is 35.5. The third kappa shape index (κ3) is 3.02. The van der Waals surface area contributed by atoms with Crippen LogP contribution in [-0.4, -0.2) is 25.8 Å². The second-order valence-electron chi connectivity index (χ2n) is 5.25. The lowest BCUT2D eigenvalue weighted by molar-refractivity contribution is -0.136. The predicted molar refractivity (Wildman–Crippen MR) is 95.9 cm³/mol.